The zero-order chi connectivity index (χ0) is 19.4. The minimum Gasteiger partial charge on any atom is -0.467 e. The van der Waals surface area contributed by atoms with Gasteiger partial charge in [0.2, 0.25) is 17.7 Å². The highest BCUT2D eigenvalue weighted by atomic mass is 16.3. The van der Waals surface area contributed by atoms with Gasteiger partial charge in [-0.15, -0.1) is 0 Å². The van der Waals surface area contributed by atoms with Crippen molar-refractivity contribution in [3.8, 4) is 0 Å². The van der Waals surface area contributed by atoms with Gasteiger partial charge in [-0.05, 0) is 44.7 Å². The maximum absolute atomic E-state index is 13.3. The van der Waals surface area contributed by atoms with E-state index in [0.717, 1.165) is 25.7 Å². The molecule has 1 aromatic heterocycles. The highest BCUT2D eigenvalue weighted by Crippen LogP contribution is 2.27. The van der Waals surface area contributed by atoms with E-state index in [0.29, 0.717) is 25.0 Å². The Morgan fingerprint density at radius 1 is 1.33 bits per heavy atom. The molecule has 1 saturated heterocycles. The monoisotopic (exact) mass is 375 g/mol. The van der Waals surface area contributed by atoms with Crippen LogP contribution < -0.4 is 10.6 Å². The standard InChI is InChI=1S/C20H29N3O4/c1-3-20(2,19(26)21-14-7-4-5-8-14)23(13-15-9-6-12-27-15)18(25)16-10-11-17(24)22-16/h6,9,12,14,16H,3-5,7-8,10-11,13H2,1-2H3,(H,21,26)(H,22,24)/t16-,20+/m1/s1. The molecule has 2 fully saturated rings. The van der Waals surface area contributed by atoms with Crippen LogP contribution in [0.25, 0.3) is 0 Å². The summed E-state index contributed by atoms with van der Waals surface area (Å²) < 4.78 is 5.44. The molecule has 2 heterocycles. The van der Waals surface area contributed by atoms with Gasteiger partial charge in [0.15, 0.2) is 0 Å². The van der Waals surface area contributed by atoms with E-state index in [9.17, 15) is 14.4 Å². The number of nitrogens with one attached hydrogen (secondary N) is 2. The van der Waals surface area contributed by atoms with Crippen LogP contribution in [0.15, 0.2) is 22.8 Å². The van der Waals surface area contributed by atoms with Gasteiger partial charge in [0.05, 0.1) is 12.8 Å². The first-order valence-corrected chi connectivity index (χ1v) is 9.88. The number of carbonyl (C=O) groups is 3. The SMILES string of the molecule is CC[C@@](C)(C(=O)NC1CCCC1)N(Cc1ccco1)C(=O)[C@H]1CCC(=O)N1. The van der Waals surface area contributed by atoms with Crippen LogP contribution in [0.2, 0.25) is 0 Å². The van der Waals surface area contributed by atoms with E-state index in [1.54, 1.807) is 30.2 Å². The van der Waals surface area contributed by atoms with Crippen LogP contribution >= 0.6 is 0 Å². The molecule has 0 aromatic carbocycles. The van der Waals surface area contributed by atoms with E-state index < -0.39 is 11.6 Å². The Balaban J connectivity index is 1.84. The van der Waals surface area contributed by atoms with Crippen molar-refractivity contribution in [2.24, 2.45) is 0 Å². The van der Waals surface area contributed by atoms with E-state index in [4.69, 9.17) is 4.42 Å². The Labute approximate surface area is 159 Å². The maximum Gasteiger partial charge on any atom is 0.246 e. The number of rotatable bonds is 7. The third kappa shape index (κ3) is 4.17. The normalized spacial score (nSPS) is 22.3. The topological polar surface area (TPSA) is 91.7 Å². The molecule has 7 heteroatoms. The molecule has 2 atom stereocenters. The van der Waals surface area contributed by atoms with Crippen LogP contribution in [-0.4, -0.2) is 40.2 Å². The molecule has 3 amide bonds. The van der Waals surface area contributed by atoms with E-state index in [-0.39, 0.29) is 30.3 Å². The van der Waals surface area contributed by atoms with Gasteiger partial charge in [-0.3, -0.25) is 14.4 Å². The van der Waals surface area contributed by atoms with E-state index in [1.165, 1.54) is 0 Å². The lowest BCUT2D eigenvalue weighted by molar-refractivity contribution is -0.150. The summed E-state index contributed by atoms with van der Waals surface area (Å²) in [5.41, 5.74) is -1.01. The Morgan fingerprint density at radius 3 is 2.63 bits per heavy atom. The van der Waals surface area contributed by atoms with Crippen molar-refractivity contribution in [1.29, 1.82) is 0 Å². The minimum atomic E-state index is -1.01. The molecule has 2 aliphatic rings. The summed E-state index contributed by atoms with van der Waals surface area (Å²) in [6.45, 7) is 3.90. The average molecular weight is 375 g/mol. The summed E-state index contributed by atoms with van der Waals surface area (Å²) in [5.74, 6) is 0.116. The van der Waals surface area contributed by atoms with Gasteiger partial charge in [0, 0.05) is 12.5 Å². The van der Waals surface area contributed by atoms with Gasteiger partial charge in [-0.1, -0.05) is 19.8 Å². The number of amides is 3. The molecule has 3 rings (SSSR count). The van der Waals surface area contributed by atoms with Crippen LogP contribution in [0, 0.1) is 0 Å². The first kappa shape index (κ1) is 19.5. The Bertz CT molecular complexity index is 681. The summed E-state index contributed by atoms with van der Waals surface area (Å²) in [6.07, 6.45) is 7.02. The summed E-state index contributed by atoms with van der Waals surface area (Å²) in [7, 11) is 0. The molecule has 1 aliphatic heterocycles. The molecule has 1 aromatic rings. The van der Waals surface area contributed by atoms with Crippen molar-refractivity contribution in [3.63, 3.8) is 0 Å². The third-order valence-corrected chi connectivity index (χ3v) is 5.92. The zero-order valence-electron chi connectivity index (χ0n) is 16.1. The van der Waals surface area contributed by atoms with E-state index >= 15 is 0 Å². The van der Waals surface area contributed by atoms with E-state index in [1.807, 2.05) is 6.92 Å². The number of furan rings is 1. The molecular weight excluding hydrogens is 346 g/mol. The van der Waals surface area contributed by atoms with Crippen molar-refractivity contribution in [3.05, 3.63) is 24.2 Å². The molecule has 27 heavy (non-hydrogen) atoms. The van der Waals surface area contributed by atoms with Gasteiger partial charge in [-0.25, -0.2) is 0 Å². The molecule has 7 nitrogen and oxygen atoms in total. The number of nitrogens with zero attached hydrogens (tertiary/aromatic N) is 1. The molecule has 1 saturated carbocycles. The fraction of sp³-hybridized carbons (Fsp3) is 0.650. The zero-order valence-corrected chi connectivity index (χ0v) is 16.1. The van der Waals surface area contributed by atoms with Crippen molar-refractivity contribution >= 4 is 17.7 Å². The van der Waals surface area contributed by atoms with Gasteiger partial charge >= 0.3 is 0 Å². The lowest BCUT2D eigenvalue weighted by atomic mass is 9.92. The first-order valence-electron chi connectivity index (χ1n) is 9.88. The van der Waals surface area contributed by atoms with Crippen LogP contribution in [0.4, 0.5) is 0 Å². The van der Waals surface area contributed by atoms with Crippen molar-refractivity contribution in [2.45, 2.75) is 83.0 Å². The highest BCUT2D eigenvalue weighted by molar-refractivity contribution is 5.95. The van der Waals surface area contributed by atoms with Gasteiger partial charge in [-0.2, -0.15) is 0 Å². The predicted molar refractivity (Wildman–Crippen MR) is 99.5 cm³/mol. The average Bonchev–Trinajstić information content (AvgIpc) is 3.41. The first-order chi connectivity index (χ1) is 12.9. The van der Waals surface area contributed by atoms with Crippen molar-refractivity contribution in [2.75, 3.05) is 0 Å². The summed E-state index contributed by atoms with van der Waals surface area (Å²) in [6, 6.07) is 3.14. The second-order valence-corrected chi connectivity index (χ2v) is 7.74. The summed E-state index contributed by atoms with van der Waals surface area (Å²) >= 11 is 0. The number of hydrogen-bond donors (Lipinski definition) is 2. The van der Waals surface area contributed by atoms with Crippen molar-refractivity contribution < 1.29 is 18.8 Å². The predicted octanol–water partition coefficient (Wildman–Crippen LogP) is 2.11. The molecule has 148 valence electrons. The number of carbonyl (C=O) groups excluding carboxylic acids is 3. The Morgan fingerprint density at radius 2 is 2.07 bits per heavy atom. The fourth-order valence-corrected chi connectivity index (χ4v) is 3.93. The van der Waals surface area contributed by atoms with E-state index in [2.05, 4.69) is 10.6 Å². The van der Waals surface area contributed by atoms with Crippen LogP contribution in [-0.2, 0) is 20.9 Å². The molecule has 0 unspecified atom stereocenters. The second kappa shape index (κ2) is 8.15. The minimum absolute atomic E-state index is 0.125. The molecule has 0 radical (unpaired) electrons. The lowest BCUT2D eigenvalue weighted by Gasteiger charge is -2.41. The number of hydrogen-bond acceptors (Lipinski definition) is 4. The third-order valence-electron chi connectivity index (χ3n) is 5.92. The fourth-order valence-electron chi connectivity index (χ4n) is 3.93. The van der Waals surface area contributed by atoms with Crippen LogP contribution in [0.3, 0.4) is 0 Å². The highest BCUT2D eigenvalue weighted by Gasteiger charge is 2.45. The summed E-state index contributed by atoms with van der Waals surface area (Å²) in [4.78, 5) is 39.6. The Hall–Kier alpha value is -2.31. The van der Waals surface area contributed by atoms with Crippen LogP contribution in [0.1, 0.15) is 64.6 Å². The summed E-state index contributed by atoms with van der Waals surface area (Å²) in [5, 5.41) is 5.86. The Kier molecular flexibility index (Phi) is 5.87. The van der Waals surface area contributed by atoms with Crippen molar-refractivity contribution in [1.82, 2.24) is 15.5 Å². The largest absolute Gasteiger partial charge is 0.467 e. The molecular formula is C20H29N3O4. The maximum atomic E-state index is 13.3. The van der Waals surface area contributed by atoms with Crippen LogP contribution in [0.5, 0.6) is 0 Å². The second-order valence-electron chi connectivity index (χ2n) is 7.74. The molecule has 0 bridgehead atoms. The lowest BCUT2D eigenvalue weighted by Crippen LogP contribution is -2.62. The molecule has 2 N–H and O–H groups in total. The smallest absolute Gasteiger partial charge is 0.246 e. The quantitative estimate of drug-likeness (QED) is 0.764. The molecule has 1 aliphatic carbocycles. The van der Waals surface area contributed by atoms with Gasteiger partial charge in [0.1, 0.15) is 17.3 Å². The molecule has 0 spiro atoms. The van der Waals surface area contributed by atoms with Gasteiger partial charge in [0.25, 0.3) is 0 Å². The van der Waals surface area contributed by atoms with Gasteiger partial charge < -0.3 is 20.0 Å².